The molecule has 3 nitrogen and oxygen atoms in total. The van der Waals surface area contributed by atoms with Crippen molar-refractivity contribution in [3.8, 4) is 0 Å². The van der Waals surface area contributed by atoms with Crippen molar-refractivity contribution < 1.29 is 9.50 Å². The van der Waals surface area contributed by atoms with Crippen molar-refractivity contribution in [2.75, 3.05) is 0 Å². The third-order valence-corrected chi connectivity index (χ3v) is 3.10. The minimum Gasteiger partial charge on any atom is -0.385 e. The highest BCUT2D eigenvalue weighted by molar-refractivity contribution is 5.19. The zero-order valence-corrected chi connectivity index (χ0v) is 8.49. The Morgan fingerprint density at radius 3 is 2.67 bits per heavy atom. The summed E-state index contributed by atoms with van der Waals surface area (Å²) in [6, 6.07) is 1.51. The maximum absolute atomic E-state index is 13.0. The molecule has 1 aliphatic carbocycles. The molecular formula is C11H15FN2O. The predicted molar refractivity (Wildman–Crippen MR) is 54.5 cm³/mol. The first-order valence-corrected chi connectivity index (χ1v) is 5.19. The van der Waals surface area contributed by atoms with Crippen molar-refractivity contribution in [2.45, 2.75) is 37.3 Å². The molecule has 15 heavy (non-hydrogen) atoms. The van der Waals surface area contributed by atoms with Gasteiger partial charge in [-0.05, 0) is 31.7 Å². The highest BCUT2D eigenvalue weighted by Gasteiger charge is 2.34. The van der Waals surface area contributed by atoms with Crippen LogP contribution in [0.5, 0.6) is 0 Å². The lowest BCUT2D eigenvalue weighted by atomic mass is 9.78. The van der Waals surface area contributed by atoms with E-state index in [-0.39, 0.29) is 6.04 Å². The minimum absolute atomic E-state index is 0.159. The normalized spacial score (nSPS) is 31.5. The zero-order chi connectivity index (χ0) is 10.9. The second kappa shape index (κ2) is 3.87. The average molecular weight is 210 g/mol. The van der Waals surface area contributed by atoms with E-state index in [0.717, 1.165) is 19.0 Å². The van der Waals surface area contributed by atoms with Gasteiger partial charge in [-0.1, -0.05) is 0 Å². The molecule has 0 atom stereocenters. The van der Waals surface area contributed by atoms with Gasteiger partial charge < -0.3 is 10.8 Å². The predicted octanol–water partition coefficient (Wildman–Crippen LogP) is 1.31. The second-order valence-corrected chi connectivity index (χ2v) is 4.26. The van der Waals surface area contributed by atoms with Crippen LogP contribution in [0.1, 0.15) is 31.2 Å². The lowest BCUT2D eigenvalue weighted by Crippen LogP contribution is -2.36. The Morgan fingerprint density at radius 2 is 2.07 bits per heavy atom. The molecule has 2 rings (SSSR count). The molecule has 0 saturated heterocycles. The summed E-state index contributed by atoms with van der Waals surface area (Å²) in [6.07, 6.45) is 5.37. The van der Waals surface area contributed by atoms with Crippen molar-refractivity contribution in [1.82, 2.24) is 4.98 Å². The highest BCUT2D eigenvalue weighted by Crippen LogP contribution is 2.36. The quantitative estimate of drug-likeness (QED) is 0.734. The highest BCUT2D eigenvalue weighted by atomic mass is 19.1. The van der Waals surface area contributed by atoms with Crippen LogP contribution in [0.4, 0.5) is 4.39 Å². The molecule has 4 heteroatoms. The first kappa shape index (κ1) is 10.5. The third kappa shape index (κ3) is 2.16. The van der Waals surface area contributed by atoms with Crippen LogP contribution in [0.2, 0.25) is 0 Å². The van der Waals surface area contributed by atoms with Crippen LogP contribution in [-0.4, -0.2) is 16.1 Å². The van der Waals surface area contributed by atoms with Gasteiger partial charge >= 0.3 is 0 Å². The molecular weight excluding hydrogens is 195 g/mol. The largest absolute Gasteiger partial charge is 0.385 e. The number of rotatable bonds is 1. The number of nitrogens with zero attached hydrogens (tertiary/aromatic N) is 1. The molecule has 1 aliphatic rings. The SMILES string of the molecule is NC1CCC(O)(c2cncc(F)c2)CC1. The number of nitrogens with two attached hydrogens (primary N) is 1. The van der Waals surface area contributed by atoms with Gasteiger partial charge in [0.15, 0.2) is 0 Å². The van der Waals surface area contributed by atoms with E-state index in [1.807, 2.05) is 0 Å². The Balaban J connectivity index is 2.22. The molecule has 1 aromatic heterocycles. The summed E-state index contributed by atoms with van der Waals surface area (Å²) < 4.78 is 13.0. The molecule has 0 bridgehead atoms. The lowest BCUT2D eigenvalue weighted by molar-refractivity contribution is -0.00552. The number of aliphatic hydroxyl groups is 1. The minimum atomic E-state index is -0.940. The van der Waals surface area contributed by atoms with Gasteiger partial charge in [-0.2, -0.15) is 0 Å². The van der Waals surface area contributed by atoms with Crippen LogP contribution in [0, 0.1) is 5.82 Å². The standard InChI is InChI=1S/C11H15FN2O/c12-9-5-8(6-14-7-9)11(15)3-1-10(13)2-4-11/h5-7,10,15H,1-4,13H2. The summed E-state index contributed by atoms with van der Waals surface area (Å²) in [4.78, 5) is 3.76. The van der Waals surface area contributed by atoms with E-state index in [9.17, 15) is 9.50 Å². The van der Waals surface area contributed by atoms with Gasteiger partial charge in [0.25, 0.3) is 0 Å². The van der Waals surface area contributed by atoms with Crippen LogP contribution in [0.25, 0.3) is 0 Å². The van der Waals surface area contributed by atoms with E-state index in [1.165, 1.54) is 12.3 Å². The van der Waals surface area contributed by atoms with Crippen molar-refractivity contribution in [1.29, 1.82) is 0 Å². The maximum Gasteiger partial charge on any atom is 0.141 e. The van der Waals surface area contributed by atoms with Crippen LogP contribution in [-0.2, 0) is 5.60 Å². The lowest BCUT2D eigenvalue weighted by Gasteiger charge is -2.34. The molecule has 1 heterocycles. The van der Waals surface area contributed by atoms with Crippen molar-refractivity contribution in [3.63, 3.8) is 0 Å². The van der Waals surface area contributed by atoms with Crippen molar-refractivity contribution in [3.05, 3.63) is 29.8 Å². The van der Waals surface area contributed by atoms with Gasteiger partial charge in [0.05, 0.1) is 11.8 Å². The molecule has 0 aromatic carbocycles. The molecule has 0 aliphatic heterocycles. The molecule has 82 valence electrons. The van der Waals surface area contributed by atoms with Crippen LogP contribution < -0.4 is 5.73 Å². The summed E-state index contributed by atoms with van der Waals surface area (Å²) in [5.41, 5.74) is 5.39. The third-order valence-electron chi connectivity index (χ3n) is 3.10. The van der Waals surface area contributed by atoms with Gasteiger partial charge in [-0.3, -0.25) is 4.98 Å². The second-order valence-electron chi connectivity index (χ2n) is 4.26. The van der Waals surface area contributed by atoms with E-state index >= 15 is 0 Å². The van der Waals surface area contributed by atoms with Crippen molar-refractivity contribution in [2.24, 2.45) is 5.73 Å². The number of halogens is 1. The fraction of sp³-hybridized carbons (Fsp3) is 0.545. The van der Waals surface area contributed by atoms with E-state index in [0.29, 0.717) is 18.4 Å². The van der Waals surface area contributed by atoms with Gasteiger partial charge in [0, 0.05) is 17.8 Å². The first-order valence-electron chi connectivity index (χ1n) is 5.19. The average Bonchev–Trinajstić information content (AvgIpc) is 2.23. The summed E-state index contributed by atoms with van der Waals surface area (Å²) in [6.45, 7) is 0. The van der Waals surface area contributed by atoms with Gasteiger partial charge in [0.1, 0.15) is 5.82 Å². The summed E-state index contributed by atoms with van der Waals surface area (Å²) in [5, 5.41) is 10.3. The first-order chi connectivity index (χ1) is 7.10. The van der Waals surface area contributed by atoms with Gasteiger partial charge in [0.2, 0.25) is 0 Å². The van der Waals surface area contributed by atoms with Crippen LogP contribution >= 0.6 is 0 Å². The van der Waals surface area contributed by atoms with E-state index < -0.39 is 11.4 Å². The number of aromatic nitrogens is 1. The van der Waals surface area contributed by atoms with E-state index in [1.54, 1.807) is 0 Å². The Kier molecular flexibility index (Phi) is 2.71. The fourth-order valence-electron chi connectivity index (χ4n) is 2.07. The molecule has 1 aromatic rings. The molecule has 0 amide bonds. The molecule has 1 fully saturated rings. The number of pyridine rings is 1. The molecule has 3 N–H and O–H groups in total. The summed E-state index contributed by atoms with van der Waals surface area (Å²) in [7, 11) is 0. The molecule has 1 saturated carbocycles. The topological polar surface area (TPSA) is 59.1 Å². The van der Waals surface area contributed by atoms with Crippen LogP contribution in [0.15, 0.2) is 18.5 Å². The van der Waals surface area contributed by atoms with Gasteiger partial charge in [-0.25, -0.2) is 4.39 Å². The number of hydrogen-bond donors (Lipinski definition) is 2. The van der Waals surface area contributed by atoms with E-state index in [4.69, 9.17) is 5.73 Å². The molecule has 0 radical (unpaired) electrons. The number of hydrogen-bond acceptors (Lipinski definition) is 3. The molecule has 0 unspecified atom stereocenters. The zero-order valence-electron chi connectivity index (χ0n) is 8.49. The summed E-state index contributed by atoms with van der Waals surface area (Å²) in [5.74, 6) is -0.407. The monoisotopic (exact) mass is 210 g/mol. The Morgan fingerprint density at radius 1 is 1.40 bits per heavy atom. The van der Waals surface area contributed by atoms with E-state index in [2.05, 4.69) is 4.98 Å². The molecule has 0 spiro atoms. The Labute approximate surface area is 88.1 Å². The van der Waals surface area contributed by atoms with Gasteiger partial charge in [-0.15, -0.1) is 0 Å². The summed E-state index contributed by atoms with van der Waals surface area (Å²) >= 11 is 0. The fourth-order valence-corrected chi connectivity index (χ4v) is 2.07. The van der Waals surface area contributed by atoms with Crippen LogP contribution in [0.3, 0.4) is 0 Å². The van der Waals surface area contributed by atoms with Crippen molar-refractivity contribution >= 4 is 0 Å². The Hall–Kier alpha value is -1.00. The maximum atomic E-state index is 13.0. The smallest absolute Gasteiger partial charge is 0.141 e. The Bertz CT molecular complexity index is 348.